The van der Waals surface area contributed by atoms with E-state index < -0.39 is 0 Å². The minimum atomic E-state index is 0.00835. The number of carbonyl (C=O) groups excluding carboxylic acids is 1. The summed E-state index contributed by atoms with van der Waals surface area (Å²) in [7, 11) is 0. The highest BCUT2D eigenvalue weighted by molar-refractivity contribution is 5.91. The van der Waals surface area contributed by atoms with Crippen LogP contribution in [0.15, 0.2) is 16.5 Å². The molecule has 0 unspecified atom stereocenters. The summed E-state index contributed by atoms with van der Waals surface area (Å²) in [4.78, 5) is 16.7. The van der Waals surface area contributed by atoms with E-state index in [9.17, 15) is 4.79 Å². The molecule has 2 aliphatic rings. The van der Waals surface area contributed by atoms with Gasteiger partial charge in [-0.2, -0.15) is 0 Å². The Labute approximate surface area is 132 Å². The third-order valence-corrected chi connectivity index (χ3v) is 4.78. The van der Waals surface area contributed by atoms with Gasteiger partial charge in [-0.05, 0) is 50.9 Å². The highest BCUT2D eigenvalue weighted by Gasteiger charge is 2.24. The van der Waals surface area contributed by atoms with Gasteiger partial charge in [-0.15, -0.1) is 0 Å². The predicted octanol–water partition coefficient (Wildman–Crippen LogP) is 2.22. The lowest BCUT2D eigenvalue weighted by molar-refractivity contribution is 0.0678. The van der Waals surface area contributed by atoms with E-state index in [0.29, 0.717) is 5.76 Å². The molecule has 3 rings (SSSR count). The van der Waals surface area contributed by atoms with Gasteiger partial charge in [-0.25, -0.2) is 0 Å². The zero-order valence-electron chi connectivity index (χ0n) is 13.3. The average Bonchev–Trinajstić information content (AvgIpc) is 2.83. The van der Waals surface area contributed by atoms with Crippen LogP contribution in [0.3, 0.4) is 0 Å². The van der Waals surface area contributed by atoms with Crippen LogP contribution >= 0.6 is 0 Å². The van der Waals surface area contributed by atoms with E-state index in [2.05, 4.69) is 4.90 Å². The number of hydrogen-bond acceptors (Lipinski definition) is 4. The van der Waals surface area contributed by atoms with E-state index in [1.807, 2.05) is 17.0 Å². The quantitative estimate of drug-likeness (QED) is 0.930. The molecule has 22 heavy (non-hydrogen) atoms. The first-order chi connectivity index (χ1) is 10.7. The van der Waals surface area contributed by atoms with Gasteiger partial charge in [-0.1, -0.05) is 12.8 Å². The summed E-state index contributed by atoms with van der Waals surface area (Å²) >= 11 is 0. The largest absolute Gasteiger partial charge is 0.455 e. The molecule has 1 aromatic rings. The fourth-order valence-electron chi connectivity index (χ4n) is 3.35. The number of carbonyl (C=O) groups is 1. The summed E-state index contributed by atoms with van der Waals surface area (Å²) in [6.45, 7) is 4.56. The van der Waals surface area contributed by atoms with E-state index in [1.54, 1.807) is 0 Å². The summed E-state index contributed by atoms with van der Waals surface area (Å²) < 4.78 is 5.80. The minimum Gasteiger partial charge on any atom is -0.455 e. The summed E-state index contributed by atoms with van der Waals surface area (Å²) in [6.07, 6.45) is 6.95. The Morgan fingerprint density at radius 1 is 1.09 bits per heavy atom. The molecule has 0 aromatic carbocycles. The van der Waals surface area contributed by atoms with Gasteiger partial charge < -0.3 is 15.1 Å². The monoisotopic (exact) mass is 305 g/mol. The molecule has 2 fully saturated rings. The zero-order valence-corrected chi connectivity index (χ0v) is 13.3. The summed E-state index contributed by atoms with van der Waals surface area (Å²) in [5.41, 5.74) is 5.89. The molecule has 122 valence electrons. The Hall–Kier alpha value is -1.33. The summed E-state index contributed by atoms with van der Waals surface area (Å²) in [5, 5.41) is 0. The summed E-state index contributed by atoms with van der Waals surface area (Å²) in [5.74, 6) is 1.38. The van der Waals surface area contributed by atoms with Gasteiger partial charge in [0.25, 0.3) is 5.91 Å². The van der Waals surface area contributed by atoms with E-state index >= 15 is 0 Å². The van der Waals surface area contributed by atoms with E-state index in [0.717, 1.165) is 51.3 Å². The lowest BCUT2D eigenvalue weighted by Crippen LogP contribution is -2.42. The molecule has 0 aliphatic carbocycles. The van der Waals surface area contributed by atoms with Gasteiger partial charge in [0.1, 0.15) is 5.76 Å². The zero-order chi connectivity index (χ0) is 15.4. The first-order valence-corrected chi connectivity index (χ1v) is 8.58. The van der Waals surface area contributed by atoms with Gasteiger partial charge >= 0.3 is 0 Å². The first kappa shape index (κ1) is 15.6. The number of amides is 1. The smallest absolute Gasteiger partial charge is 0.289 e. The van der Waals surface area contributed by atoms with Crippen molar-refractivity contribution < 1.29 is 9.21 Å². The van der Waals surface area contributed by atoms with Crippen LogP contribution in [-0.4, -0.2) is 47.9 Å². The van der Waals surface area contributed by atoms with Gasteiger partial charge in [0, 0.05) is 19.1 Å². The lowest BCUT2D eigenvalue weighted by Gasteiger charge is -2.29. The maximum atomic E-state index is 12.4. The SMILES string of the molecule is NC1CCN(C(=O)c2ccc(CN3CCCCCC3)o2)CC1. The molecular formula is C17H27N3O2. The molecule has 1 aromatic heterocycles. The van der Waals surface area contributed by atoms with Crippen molar-refractivity contribution in [3.63, 3.8) is 0 Å². The number of hydrogen-bond donors (Lipinski definition) is 1. The van der Waals surface area contributed by atoms with E-state index in [-0.39, 0.29) is 11.9 Å². The third-order valence-electron chi connectivity index (χ3n) is 4.78. The third kappa shape index (κ3) is 3.90. The molecule has 0 atom stereocenters. The van der Waals surface area contributed by atoms with Crippen molar-refractivity contribution in [3.8, 4) is 0 Å². The van der Waals surface area contributed by atoms with Crippen LogP contribution in [0, 0.1) is 0 Å². The fraction of sp³-hybridized carbons (Fsp3) is 0.706. The maximum Gasteiger partial charge on any atom is 0.289 e. The molecule has 0 spiro atoms. The van der Waals surface area contributed by atoms with Crippen molar-refractivity contribution in [2.24, 2.45) is 5.73 Å². The Kier molecular flexibility index (Phi) is 5.16. The molecule has 3 heterocycles. The van der Waals surface area contributed by atoms with Crippen LogP contribution < -0.4 is 5.73 Å². The van der Waals surface area contributed by atoms with Crippen molar-refractivity contribution >= 4 is 5.91 Å². The van der Waals surface area contributed by atoms with Crippen molar-refractivity contribution in [1.29, 1.82) is 0 Å². The Morgan fingerprint density at radius 3 is 2.45 bits per heavy atom. The van der Waals surface area contributed by atoms with Crippen LogP contribution in [0.1, 0.15) is 54.8 Å². The topological polar surface area (TPSA) is 62.7 Å². The van der Waals surface area contributed by atoms with Gasteiger partial charge in [-0.3, -0.25) is 9.69 Å². The molecule has 0 radical (unpaired) electrons. The van der Waals surface area contributed by atoms with E-state index in [1.165, 1.54) is 25.7 Å². The van der Waals surface area contributed by atoms with Gasteiger partial charge in [0.05, 0.1) is 6.54 Å². The van der Waals surface area contributed by atoms with Crippen LogP contribution in [0.2, 0.25) is 0 Å². The van der Waals surface area contributed by atoms with Gasteiger partial charge in [0.15, 0.2) is 5.76 Å². The van der Waals surface area contributed by atoms with Crippen LogP contribution in [0.25, 0.3) is 0 Å². The first-order valence-electron chi connectivity index (χ1n) is 8.58. The second-order valence-electron chi connectivity index (χ2n) is 6.59. The number of nitrogens with two attached hydrogens (primary N) is 1. The van der Waals surface area contributed by atoms with Crippen LogP contribution in [0.5, 0.6) is 0 Å². The standard InChI is InChI=1S/C17H27N3O2/c18-14-7-11-20(12-8-14)17(21)16-6-5-15(22-16)13-19-9-3-1-2-4-10-19/h5-6,14H,1-4,7-13,18H2. The number of nitrogens with zero attached hydrogens (tertiary/aromatic N) is 2. The molecule has 1 amide bonds. The fourth-order valence-corrected chi connectivity index (χ4v) is 3.35. The number of likely N-dealkylation sites (tertiary alicyclic amines) is 2. The molecule has 0 saturated carbocycles. The van der Waals surface area contributed by atoms with E-state index in [4.69, 9.17) is 10.2 Å². The van der Waals surface area contributed by atoms with Gasteiger partial charge in [0.2, 0.25) is 0 Å². The number of rotatable bonds is 3. The van der Waals surface area contributed by atoms with Crippen molar-refractivity contribution in [2.75, 3.05) is 26.2 Å². The molecular weight excluding hydrogens is 278 g/mol. The molecule has 2 N–H and O–H groups in total. The lowest BCUT2D eigenvalue weighted by atomic mass is 10.1. The van der Waals surface area contributed by atoms with Crippen molar-refractivity contribution in [3.05, 3.63) is 23.7 Å². The van der Waals surface area contributed by atoms with Crippen molar-refractivity contribution in [2.45, 2.75) is 51.1 Å². The highest BCUT2D eigenvalue weighted by atomic mass is 16.4. The Bertz CT molecular complexity index is 484. The second kappa shape index (κ2) is 7.29. The average molecular weight is 305 g/mol. The molecule has 2 aliphatic heterocycles. The predicted molar refractivity (Wildman–Crippen MR) is 85.6 cm³/mol. The van der Waals surface area contributed by atoms with Crippen molar-refractivity contribution in [1.82, 2.24) is 9.80 Å². The Balaban J connectivity index is 1.57. The van der Waals surface area contributed by atoms with Crippen LogP contribution in [0.4, 0.5) is 0 Å². The minimum absolute atomic E-state index is 0.00835. The molecule has 5 heteroatoms. The van der Waals surface area contributed by atoms with Crippen LogP contribution in [-0.2, 0) is 6.54 Å². The Morgan fingerprint density at radius 2 is 1.77 bits per heavy atom. The normalized spacial score (nSPS) is 21.8. The summed E-state index contributed by atoms with van der Waals surface area (Å²) in [6, 6.07) is 4.01. The number of piperidine rings is 1. The molecule has 5 nitrogen and oxygen atoms in total. The maximum absolute atomic E-state index is 12.4. The highest BCUT2D eigenvalue weighted by Crippen LogP contribution is 2.18. The molecule has 2 saturated heterocycles. The number of furan rings is 1. The molecule has 0 bridgehead atoms. The second-order valence-corrected chi connectivity index (χ2v) is 6.59.